The molecule has 0 fully saturated rings. The highest BCUT2D eigenvalue weighted by molar-refractivity contribution is 5.93. The summed E-state index contributed by atoms with van der Waals surface area (Å²) in [7, 11) is 1.57. The van der Waals surface area contributed by atoms with Crippen molar-refractivity contribution in [1.82, 2.24) is 5.16 Å². The van der Waals surface area contributed by atoms with Gasteiger partial charge in [0.1, 0.15) is 29.4 Å². The first-order valence-corrected chi connectivity index (χ1v) is 7.50. The lowest BCUT2D eigenvalue weighted by molar-refractivity contribution is 0.0991. The minimum atomic E-state index is -1.21. The lowest BCUT2D eigenvalue weighted by atomic mass is 10.1. The van der Waals surface area contributed by atoms with E-state index in [1.165, 1.54) is 0 Å². The van der Waals surface area contributed by atoms with Gasteiger partial charge >= 0.3 is 0 Å². The van der Waals surface area contributed by atoms with Crippen molar-refractivity contribution in [2.75, 3.05) is 7.11 Å². The average molecular weight is 360 g/mol. The van der Waals surface area contributed by atoms with Crippen molar-refractivity contribution in [3.63, 3.8) is 0 Å². The third-order valence-corrected chi connectivity index (χ3v) is 3.61. The van der Waals surface area contributed by atoms with E-state index in [0.29, 0.717) is 17.2 Å². The number of aromatic nitrogens is 1. The van der Waals surface area contributed by atoms with Gasteiger partial charge in [-0.1, -0.05) is 5.16 Å². The van der Waals surface area contributed by atoms with Crippen LogP contribution in [0.15, 0.2) is 47.0 Å². The smallest absolute Gasteiger partial charge is 0.254 e. The molecule has 8 heteroatoms. The molecule has 0 saturated carbocycles. The first-order chi connectivity index (χ1) is 12.5. The highest BCUT2D eigenvalue weighted by Crippen LogP contribution is 2.26. The molecule has 26 heavy (non-hydrogen) atoms. The van der Waals surface area contributed by atoms with Crippen molar-refractivity contribution < 1.29 is 27.6 Å². The normalized spacial score (nSPS) is 10.6. The van der Waals surface area contributed by atoms with Crippen LogP contribution < -0.4 is 15.2 Å². The number of carbonyl (C=O) groups is 1. The van der Waals surface area contributed by atoms with Crippen LogP contribution in [-0.4, -0.2) is 18.2 Å². The molecule has 0 bridgehead atoms. The van der Waals surface area contributed by atoms with Gasteiger partial charge in [0.2, 0.25) is 0 Å². The molecular formula is C18H14F2N2O4. The number of carbonyl (C=O) groups excluding carboxylic acids is 1. The number of benzene rings is 2. The van der Waals surface area contributed by atoms with Crippen LogP contribution in [0.25, 0.3) is 11.3 Å². The number of methoxy groups -OCH3 is 1. The molecule has 0 aliphatic rings. The van der Waals surface area contributed by atoms with E-state index in [4.69, 9.17) is 19.7 Å². The number of primary amides is 1. The van der Waals surface area contributed by atoms with E-state index in [2.05, 4.69) is 5.16 Å². The second-order valence-corrected chi connectivity index (χ2v) is 5.30. The summed E-state index contributed by atoms with van der Waals surface area (Å²) >= 11 is 0. The van der Waals surface area contributed by atoms with Gasteiger partial charge in [-0.2, -0.15) is 0 Å². The highest BCUT2D eigenvalue weighted by Gasteiger charge is 2.19. The number of hydrogen-bond acceptors (Lipinski definition) is 5. The van der Waals surface area contributed by atoms with Gasteiger partial charge in [-0.05, 0) is 36.4 Å². The maximum Gasteiger partial charge on any atom is 0.254 e. The number of amides is 1. The Kier molecular flexibility index (Phi) is 4.83. The minimum absolute atomic E-state index is 0.138. The van der Waals surface area contributed by atoms with Crippen LogP contribution in [0.4, 0.5) is 8.78 Å². The van der Waals surface area contributed by atoms with Gasteiger partial charge < -0.3 is 19.7 Å². The molecule has 0 radical (unpaired) electrons. The predicted molar refractivity (Wildman–Crippen MR) is 87.7 cm³/mol. The number of nitrogens with zero attached hydrogens (tertiary/aromatic N) is 1. The van der Waals surface area contributed by atoms with Crippen LogP contribution >= 0.6 is 0 Å². The Morgan fingerprint density at radius 3 is 2.58 bits per heavy atom. The maximum atomic E-state index is 14.1. The fourth-order valence-electron chi connectivity index (χ4n) is 2.29. The maximum absolute atomic E-state index is 14.1. The van der Waals surface area contributed by atoms with Gasteiger partial charge in [0.15, 0.2) is 17.3 Å². The molecular weight excluding hydrogens is 346 g/mol. The predicted octanol–water partition coefficient (Wildman–Crippen LogP) is 3.31. The fraction of sp³-hybridized carbons (Fsp3) is 0.111. The van der Waals surface area contributed by atoms with Crippen molar-refractivity contribution in [2.24, 2.45) is 5.73 Å². The Bertz CT molecular complexity index is 939. The fourth-order valence-corrected chi connectivity index (χ4v) is 2.29. The van der Waals surface area contributed by atoms with Crippen molar-refractivity contribution in [2.45, 2.75) is 6.61 Å². The molecule has 0 atom stereocenters. The van der Waals surface area contributed by atoms with Crippen LogP contribution in [0.1, 0.15) is 16.1 Å². The molecule has 1 amide bonds. The molecule has 0 aliphatic heterocycles. The third kappa shape index (κ3) is 3.49. The lowest BCUT2D eigenvalue weighted by Gasteiger charge is -2.08. The summed E-state index contributed by atoms with van der Waals surface area (Å²) in [6.07, 6.45) is 0. The summed E-state index contributed by atoms with van der Waals surface area (Å²) < 4.78 is 43.1. The van der Waals surface area contributed by atoms with Crippen molar-refractivity contribution >= 4 is 5.91 Å². The molecule has 134 valence electrons. The van der Waals surface area contributed by atoms with Crippen LogP contribution in [0.2, 0.25) is 0 Å². The van der Waals surface area contributed by atoms with E-state index in [-0.39, 0.29) is 12.4 Å². The number of rotatable bonds is 6. The largest absolute Gasteiger partial charge is 0.497 e. The van der Waals surface area contributed by atoms with Gasteiger partial charge in [-0.25, -0.2) is 8.78 Å². The second-order valence-electron chi connectivity index (χ2n) is 5.30. The molecule has 3 rings (SSSR count). The van der Waals surface area contributed by atoms with Gasteiger partial charge in [0, 0.05) is 11.6 Å². The number of hydrogen-bond donors (Lipinski definition) is 1. The van der Waals surface area contributed by atoms with E-state index >= 15 is 0 Å². The van der Waals surface area contributed by atoms with Crippen LogP contribution in [0, 0.1) is 11.6 Å². The molecule has 2 aromatic carbocycles. The Labute approximate surface area is 147 Å². The molecule has 0 unspecified atom stereocenters. The summed E-state index contributed by atoms with van der Waals surface area (Å²) in [5.41, 5.74) is 5.28. The van der Waals surface area contributed by atoms with E-state index in [1.807, 2.05) is 0 Å². The lowest BCUT2D eigenvalue weighted by Crippen LogP contribution is -2.16. The zero-order chi connectivity index (χ0) is 18.7. The molecule has 0 saturated heterocycles. The van der Waals surface area contributed by atoms with Crippen molar-refractivity contribution in [3.05, 3.63) is 65.4 Å². The summed E-state index contributed by atoms with van der Waals surface area (Å²) in [6.45, 7) is -0.138. The van der Waals surface area contributed by atoms with Crippen molar-refractivity contribution in [3.8, 4) is 22.8 Å². The quantitative estimate of drug-likeness (QED) is 0.729. The zero-order valence-electron chi connectivity index (χ0n) is 13.7. The molecule has 0 aliphatic carbocycles. The summed E-state index contributed by atoms with van der Waals surface area (Å²) in [4.78, 5) is 11.1. The van der Waals surface area contributed by atoms with E-state index in [0.717, 1.165) is 17.7 Å². The third-order valence-electron chi connectivity index (χ3n) is 3.61. The molecule has 6 nitrogen and oxygen atoms in total. The molecule has 3 aromatic rings. The van der Waals surface area contributed by atoms with Gasteiger partial charge in [-0.3, -0.25) is 4.79 Å². The van der Waals surface area contributed by atoms with E-state index in [9.17, 15) is 13.6 Å². The van der Waals surface area contributed by atoms with Crippen LogP contribution in [-0.2, 0) is 6.61 Å². The molecule has 2 N–H and O–H groups in total. The Morgan fingerprint density at radius 1 is 1.19 bits per heavy atom. The average Bonchev–Trinajstić information content (AvgIpc) is 3.10. The monoisotopic (exact) mass is 360 g/mol. The SMILES string of the molecule is COc1ccc(-c2cc(COc3ccc(F)c(C(N)=O)c3F)no2)cc1. The summed E-state index contributed by atoms with van der Waals surface area (Å²) in [6, 6.07) is 10.7. The number of ether oxygens (including phenoxy) is 2. The van der Waals surface area contributed by atoms with E-state index in [1.54, 1.807) is 37.4 Å². The summed E-state index contributed by atoms with van der Waals surface area (Å²) in [5.74, 6) is -2.54. The zero-order valence-corrected chi connectivity index (χ0v) is 13.7. The van der Waals surface area contributed by atoms with E-state index < -0.39 is 23.1 Å². The Hall–Kier alpha value is -3.42. The van der Waals surface area contributed by atoms with Gasteiger partial charge in [-0.15, -0.1) is 0 Å². The topological polar surface area (TPSA) is 87.6 Å². The van der Waals surface area contributed by atoms with Gasteiger partial charge in [0.25, 0.3) is 5.91 Å². The molecule has 1 aromatic heterocycles. The second kappa shape index (κ2) is 7.22. The first-order valence-electron chi connectivity index (χ1n) is 7.50. The first kappa shape index (κ1) is 17.4. The van der Waals surface area contributed by atoms with Crippen LogP contribution in [0.5, 0.6) is 11.5 Å². The number of nitrogens with two attached hydrogens (primary N) is 1. The highest BCUT2D eigenvalue weighted by atomic mass is 19.1. The standard InChI is InChI=1S/C18H14F2N2O4/c1-24-12-4-2-10(3-5-12)15-8-11(22-26-15)9-25-14-7-6-13(19)16(17(14)20)18(21)23/h2-8H,9H2,1H3,(H2,21,23). The van der Waals surface area contributed by atoms with Gasteiger partial charge in [0.05, 0.1) is 7.11 Å². The minimum Gasteiger partial charge on any atom is -0.497 e. The summed E-state index contributed by atoms with van der Waals surface area (Å²) in [5, 5.41) is 3.84. The van der Waals surface area contributed by atoms with Crippen molar-refractivity contribution in [1.29, 1.82) is 0 Å². The molecule has 0 spiro atoms. The Morgan fingerprint density at radius 2 is 1.92 bits per heavy atom. The number of halogens is 2. The van der Waals surface area contributed by atoms with Crippen LogP contribution in [0.3, 0.4) is 0 Å². The molecule has 1 heterocycles. The Balaban J connectivity index is 1.74.